The van der Waals surface area contributed by atoms with Crippen molar-refractivity contribution in [1.82, 2.24) is 14.8 Å². The number of hydrogen-bond donors (Lipinski definition) is 1. The van der Waals surface area contributed by atoms with Gasteiger partial charge in [0.25, 0.3) is 0 Å². The van der Waals surface area contributed by atoms with Gasteiger partial charge in [-0.25, -0.2) is 4.98 Å². The highest BCUT2D eigenvalue weighted by atomic mass is 35.5. The molecule has 0 aliphatic rings. The molecule has 2 heterocycles. The molecule has 23 heavy (non-hydrogen) atoms. The summed E-state index contributed by atoms with van der Waals surface area (Å²) in [5.74, 6) is 0.537. The summed E-state index contributed by atoms with van der Waals surface area (Å²) in [4.78, 5) is 16.8. The highest BCUT2D eigenvalue weighted by molar-refractivity contribution is 7.20. The maximum Gasteiger partial charge on any atom is 0.230 e. The van der Waals surface area contributed by atoms with E-state index < -0.39 is 5.41 Å². The zero-order chi connectivity index (χ0) is 16.8. The molecule has 0 spiro atoms. The summed E-state index contributed by atoms with van der Waals surface area (Å²) in [7, 11) is 0. The smallest absolute Gasteiger partial charge is 0.230 e. The molecular formula is C16H17ClN4OS. The standard InChI is InChI=1S/C16H17ClN4OS/c1-9-8-12(18-14(22)16(2,3)4)21(20-9)15-19-13-10(17)6-5-7-11(13)23-15/h5-8H,1-4H3,(H,18,22). The first-order valence-corrected chi connectivity index (χ1v) is 8.39. The van der Waals surface area contributed by atoms with Crippen LogP contribution in [-0.2, 0) is 4.79 Å². The van der Waals surface area contributed by atoms with Gasteiger partial charge in [0.2, 0.25) is 11.0 Å². The summed E-state index contributed by atoms with van der Waals surface area (Å²) in [5, 5.41) is 8.65. The van der Waals surface area contributed by atoms with Crippen molar-refractivity contribution in [2.75, 3.05) is 5.32 Å². The molecular weight excluding hydrogens is 332 g/mol. The summed E-state index contributed by atoms with van der Waals surface area (Å²) in [6.45, 7) is 7.48. The molecule has 0 aliphatic heterocycles. The molecule has 120 valence electrons. The maximum atomic E-state index is 12.3. The summed E-state index contributed by atoms with van der Waals surface area (Å²) in [6.07, 6.45) is 0. The van der Waals surface area contributed by atoms with Crippen LogP contribution in [0.1, 0.15) is 26.5 Å². The molecule has 2 aromatic heterocycles. The van der Waals surface area contributed by atoms with E-state index in [0.29, 0.717) is 16.0 Å². The average molecular weight is 349 g/mol. The van der Waals surface area contributed by atoms with Crippen LogP contribution in [0.2, 0.25) is 5.02 Å². The predicted molar refractivity (Wildman–Crippen MR) is 94.6 cm³/mol. The summed E-state index contributed by atoms with van der Waals surface area (Å²) >= 11 is 7.67. The van der Waals surface area contributed by atoms with Crippen molar-refractivity contribution in [1.29, 1.82) is 0 Å². The third-order valence-corrected chi connectivity index (χ3v) is 4.60. The normalized spacial score (nSPS) is 11.9. The first-order valence-electron chi connectivity index (χ1n) is 7.19. The van der Waals surface area contributed by atoms with Crippen molar-refractivity contribution >= 4 is 44.9 Å². The quantitative estimate of drug-likeness (QED) is 0.745. The maximum absolute atomic E-state index is 12.3. The number of benzene rings is 1. The minimum absolute atomic E-state index is 0.0715. The summed E-state index contributed by atoms with van der Waals surface area (Å²) < 4.78 is 2.63. The van der Waals surface area contributed by atoms with Crippen molar-refractivity contribution in [3.8, 4) is 5.13 Å². The number of halogens is 1. The molecule has 1 N–H and O–H groups in total. The first kappa shape index (κ1) is 16.0. The van der Waals surface area contributed by atoms with Gasteiger partial charge in [-0.05, 0) is 19.1 Å². The lowest BCUT2D eigenvalue weighted by molar-refractivity contribution is -0.123. The number of carbonyl (C=O) groups excluding carboxylic acids is 1. The SMILES string of the molecule is Cc1cc(NC(=O)C(C)(C)C)n(-c2nc3c(Cl)cccc3s2)n1. The number of fused-ring (bicyclic) bond motifs is 1. The Kier molecular flexibility index (Phi) is 3.90. The number of aromatic nitrogens is 3. The number of anilines is 1. The second-order valence-electron chi connectivity index (χ2n) is 6.37. The van der Waals surface area contributed by atoms with Crippen LogP contribution in [0.4, 0.5) is 5.82 Å². The first-order chi connectivity index (χ1) is 10.8. The van der Waals surface area contributed by atoms with Crippen LogP contribution in [-0.4, -0.2) is 20.7 Å². The second-order valence-corrected chi connectivity index (χ2v) is 7.79. The van der Waals surface area contributed by atoms with Crippen LogP contribution in [0, 0.1) is 12.3 Å². The number of thiazole rings is 1. The van der Waals surface area contributed by atoms with E-state index in [9.17, 15) is 4.79 Å². The molecule has 0 radical (unpaired) electrons. The summed E-state index contributed by atoms with van der Waals surface area (Å²) in [6, 6.07) is 7.50. The fourth-order valence-electron chi connectivity index (χ4n) is 2.03. The third-order valence-electron chi connectivity index (χ3n) is 3.29. The number of rotatable bonds is 2. The zero-order valence-corrected chi connectivity index (χ0v) is 14.9. The van der Waals surface area contributed by atoms with Gasteiger partial charge in [0.05, 0.1) is 15.4 Å². The average Bonchev–Trinajstić information content (AvgIpc) is 3.02. The molecule has 3 rings (SSSR count). The van der Waals surface area contributed by atoms with E-state index in [1.165, 1.54) is 11.3 Å². The van der Waals surface area contributed by atoms with E-state index in [1.807, 2.05) is 52.0 Å². The van der Waals surface area contributed by atoms with Crippen molar-refractivity contribution < 1.29 is 4.79 Å². The third kappa shape index (κ3) is 3.09. The molecule has 0 fully saturated rings. The molecule has 1 aromatic carbocycles. The number of nitrogens with one attached hydrogen (secondary N) is 1. The van der Waals surface area contributed by atoms with Crippen LogP contribution < -0.4 is 5.32 Å². The van der Waals surface area contributed by atoms with E-state index in [-0.39, 0.29) is 5.91 Å². The van der Waals surface area contributed by atoms with Crippen molar-refractivity contribution in [3.63, 3.8) is 0 Å². The lowest BCUT2D eigenvalue weighted by Crippen LogP contribution is -2.28. The Balaban J connectivity index is 2.05. The van der Waals surface area contributed by atoms with Gasteiger partial charge in [0.1, 0.15) is 11.3 Å². The molecule has 5 nitrogen and oxygen atoms in total. The van der Waals surface area contributed by atoms with Crippen molar-refractivity contribution in [3.05, 3.63) is 35.0 Å². The van der Waals surface area contributed by atoms with Gasteiger partial charge in [-0.2, -0.15) is 9.78 Å². The Bertz CT molecular complexity index is 891. The highest BCUT2D eigenvalue weighted by Crippen LogP contribution is 2.31. The number of nitrogens with zero attached hydrogens (tertiary/aromatic N) is 3. The molecule has 0 unspecified atom stereocenters. The molecule has 0 atom stereocenters. The van der Waals surface area contributed by atoms with E-state index >= 15 is 0 Å². The van der Waals surface area contributed by atoms with Crippen molar-refractivity contribution in [2.24, 2.45) is 5.41 Å². The lowest BCUT2D eigenvalue weighted by Gasteiger charge is -2.17. The van der Waals surface area contributed by atoms with Gasteiger partial charge in [0, 0.05) is 11.5 Å². The zero-order valence-electron chi connectivity index (χ0n) is 13.3. The molecule has 7 heteroatoms. The lowest BCUT2D eigenvalue weighted by atomic mass is 9.96. The second kappa shape index (κ2) is 5.62. The Labute approximate surface area is 143 Å². The molecule has 0 saturated carbocycles. The Hall–Kier alpha value is -1.92. The number of hydrogen-bond acceptors (Lipinski definition) is 4. The van der Waals surface area contributed by atoms with E-state index in [1.54, 1.807) is 4.68 Å². The monoisotopic (exact) mass is 348 g/mol. The minimum Gasteiger partial charge on any atom is -0.310 e. The van der Waals surface area contributed by atoms with Gasteiger partial charge >= 0.3 is 0 Å². The Morgan fingerprint density at radius 3 is 2.74 bits per heavy atom. The molecule has 0 aliphatic carbocycles. The Morgan fingerprint density at radius 1 is 1.35 bits per heavy atom. The fourth-order valence-corrected chi connectivity index (χ4v) is 3.26. The molecule has 3 aromatic rings. The largest absolute Gasteiger partial charge is 0.310 e. The number of amides is 1. The van der Waals surface area contributed by atoms with E-state index in [4.69, 9.17) is 11.6 Å². The fraction of sp³-hybridized carbons (Fsp3) is 0.312. The van der Waals surface area contributed by atoms with Crippen molar-refractivity contribution in [2.45, 2.75) is 27.7 Å². The Morgan fingerprint density at radius 2 is 2.09 bits per heavy atom. The van der Waals surface area contributed by atoms with Gasteiger partial charge in [0.15, 0.2) is 0 Å². The topological polar surface area (TPSA) is 59.8 Å². The number of carbonyl (C=O) groups is 1. The van der Waals surface area contributed by atoms with E-state index in [2.05, 4.69) is 15.4 Å². The van der Waals surface area contributed by atoms with Gasteiger partial charge in [-0.15, -0.1) is 0 Å². The van der Waals surface area contributed by atoms with Gasteiger partial charge < -0.3 is 5.32 Å². The van der Waals surface area contributed by atoms with Crippen LogP contribution in [0.3, 0.4) is 0 Å². The minimum atomic E-state index is -0.486. The summed E-state index contributed by atoms with van der Waals surface area (Å²) in [5.41, 5.74) is 1.06. The number of aryl methyl sites for hydroxylation is 1. The molecule has 0 saturated heterocycles. The highest BCUT2D eigenvalue weighted by Gasteiger charge is 2.23. The molecule has 1 amide bonds. The molecule has 0 bridgehead atoms. The van der Waals surface area contributed by atoms with Crippen LogP contribution in [0.5, 0.6) is 0 Å². The van der Waals surface area contributed by atoms with Crippen LogP contribution in [0.15, 0.2) is 24.3 Å². The van der Waals surface area contributed by atoms with Crippen LogP contribution >= 0.6 is 22.9 Å². The predicted octanol–water partition coefficient (Wildman–Crippen LogP) is 4.43. The van der Waals surface area contributed by atoms with Crippen LogP contribution in [0.25, 0.3) is 15.3 Å². The van der Waals surface area contributed by atoms with Gasteiger partial charge in [-0.1, -0.05) is 49.8 Å². The van der Waals surface area contributed by atoms with Gasteiger partial charge in [-0.3, -0.25) is 4.79 Å². The van der Waals surface area contributed by atoms with E-state index in [0.717, 1.165) is 15.9 Å². The number of para-hydroxylation sites is 1.